The third-order valence-electron chi connectivity index (χ3n) is 2.01. The van der Waals surface area contributed by atoms with Crippen LogP contribution >= 0.6 is 11.8 Å². The summed E-state index contributed by atoms with van der Waals surface area (Å²) in [5.41, 5.74) is -0.199. The van der Waals surface area contributed by atoms with Gasteiger partial charge in [-0.2, -0.15) is 11.8 Å². The molecule has 0 aromatic carbocycles. The molecule has 0 aliphatic carbocycles. The van der Waals surface area contributed by atoms with Gasteiger partial charge in [0.15, 0.2) is 0 Å². The second-order valence-corrected chi connectivity index (χ2v) is 6.28. The fourth-order valence-corrected chi connectivity index (χ4v) is 1.91. The minimum absolute atomic E-state index is 0.373. The molecule has 0 heterocycles. The van der Waals surface area contributed by atoms with Crippen molar-refractivity contribution in [1.29, 1.82) is 0 Å². The average molecular weight is 219 g/mol. The molecule has 3 heteroatoms. The highest BCUT2D eigenvalue weighted by atomic mass is 32.2. The molecule has 0 amide bonds. The number of hydrogen-bond acceptors (Lipinski definition) is 3. The maximum Gasteiger partial charge on any atom is 0.0833 e. The van der Waals surface area contributed by atoms with Crippen LogP contribution in [0.25, 0.3) is 0 Å². The van der Waals surface area contributed by atoms with Crippen molar-refractivity contribution in [3.8, 4) is 0 Å². The third kappa shape index (κ3) is 8.85. The van der Waals surface area contributed by atoms with Crippen LogP contribution in [0.15, 0.2) is 0 Å². The molecule has 0 fully saturated rings. The highest BCUT2D eigenvalue weighted by molar-refractivity contribution is 7.98. The van der Waals surface area contributed by atoms with Crippen molar-refractivity contribution in [2.24, 2.45) is 5.41 Å². The highest BCUT2D eigenvalue weighted by Crippen LogP contribution is 2.17. The van der Waals surface area contributed by atoms with Crippen LogP contribution in [0.2, 0.25) is 0 Å². The molecule has 2 nitrogen and oxygen atoms in total. The summed E-state index contributed by atoms with van der Waals surface area (Å²) in [6, 6.07) is 0. The van der Waals surface area contributed by atoms with Crippen LogP contribution in [0.3, 0.4) is 0 Å². The number of aliphatic hydroxyl groups is 1. The van der Waals surface area contributed by atoms with Crippen LogP contribution in [0, 0.1) is 5.41 Å². The summed E-state index contributed by atoms with van der Waals surface area (Å²) < 4.78 is 0. The zero-order chi connectivity index (χ0) is 11.2. The van der Waals surface area contributed by atoms with E-state index >= 15 is 0 Å². The Bertz CT molecular complexity index is 152. The van der Waals surface area contributed by atoms with Gasteiger partial charge in [-0.3, -0.25) is 0 Å². The zero-order valence-electron chi connectivity index (χ0n) is 10.2. The molecule has 0 aliphatic rings. The first-order chi connectivity index (χ1) is 6.27. The van der Waals surface area contributed by atoms with Crippen LogP contribution in [0.1, 0.15) is 34.1 Å². The van der Waals surface area contributed by atoms with Crippen LogP contribution in [-0.2, 0) is 0 Å². The fraction of sp³-hybridized carbons (Fsp3) is 1.00. The van der Waals surface area contributed by atoms with Gasteiger partial charge in [0.25, 0.3) is 0 Å². The first kappa shape index (κ1) is 14.3. The lowest BCUT2D eigenvalue weighted by Gasteiger charge is -2.24. The first-order valence-corrected chi connectivity index (χ1v) is 6.58. The molecule has 1 unspecified atom stereocenters. The van der Waals surface area contributed by atoms with Crippen LogP contribution in [-0.4, -0.2) is 35.8 Å². The molecular weight excluding hydrogens is 194 g/mol. The summed E-state index contributed by atoms with van der Waals surface area (Å²) in [6.45, 7) is 10.2. The molecular formula is C11H25NOS. The minimum atomic E-state index is -0.572. The molecule has 0 radical (unpaired) electrons. The molecule has 0 spiro atoms. The predicted octanol–water partition coefficient (Wildman–Crippen LogP) is 2.13. The standard InChI is InChI=1S/C11H25NOS/c1-10(2,3)6-7-12-8-11(4,13)9-14-5/h12-13H,6-9H2,1-5H3. The van der Waals surface area contributed by atoms with E-state index in [1.54, 1.807) is 11.8 Å². The van der Waals surface area contributed by atoms with Gasteiger partial charge in [-0.15, -0.1) is 0 Å². The Hall–Kier alpha value is 0.270. The quantitative estimate of drug-likeness (QED) is 0.671. The van der Waals surface area contributed by atoms with E-state index in [1.807, 2.05) is 13.2 Å². The number of hydrogen-bond donors (Lipinski definition) is 2. The van der Waals surface area contributed by atoms with E-state index in [0.29, 0.717) is 12.0 Å². The Balaban J connectivity index is 3.54. The second kappa shape index (κ2) is 5.99. The van der Waals surface area contributed by atoms with Crippen LogP contribution in [0.5, 0.6) is 0 Å². The lowest BCUT2D eigenvalue weighted by Crippen LogP contribution is -2.40. The summed E-state index contributed by atoms with van der Waals surface area (Å²) in [5.74, 6) is 0.787. The van der Waals surface area contributed by atoms with Crippen molar-refractivity contribution < 1.29 is 5.11 Å². The van der Waals surface area contributed by atoms with Gasteiger partial charge >= 0.3 is 0 Å². The lowest BCUT2D eigenvalue weighted by atomic mass is 9.92. The predicted molar refractivity (Wildman–Crippen MR) is 65.9 cm³/mol. The summed E-state index contributed by atoms with van der Waals surface area (Å²) in [6.07, 6.45) is 3.16. The van der Waals surface area contributed by atoms with E-state index in [0.717, 1.165) is 18.7 Å². The van der Waals surface area contributed by atoms with Gasteiger partial charge in [-0.05, 0) is 31.6 Å². The summed E-state index contributed by atoms with van der Waals surface area (Å²) >= 11 is 1.68. The third-order valence-corrected chi connectivity index (χ3v) is 2.92. The largest absolute Gasteiger partial charge is 0.388 e. The molecule has 0 bridgehead atoms. The molecule has 0 rings (SSSR count). The van der Waals surface area contributed by atoms with Gasteiger partial charge in [0.05, 0.1) is 5.60 Å². The Morgan fingerprint density at radius 3 is 2.21 bits per heavy atom. The van der Waals surface area contributed by atoms with Crippen molar-refractivity contribution in [2.75, 3.05) is 25.1 Å². The number of thioether (sulfide) groups is 1. The maximum atomic E-state index is 9.86. The average Bonchev–Trinajstić information content (AvgIpc) is 1.96. The Morgan fingerprint density at radius 1 is 1.21 bits per heavy atom. The van der Waals surface area contributed by atoms with Crippen molar-refractivity contribution in [1.82, 2.24) is 5.32 Å². The van der Waals surface area contributed by atoms with Gasteiger partial charge in [0.1, 0.15) is 0 Å². The molecule has 0 aliphatic heterocycles. The SMILES string of the molecule is CSCC(C)(O)CNCCC(C)(C)C. The fourth-order valence-electron chi connectivity index (χ4n) is 1.18. The first-order valence-electron chi connectivity index (χ1n) is 5.19. The molecule has 1 atom stereocenters. The summed E-state index contributed by atoms with van der Waals surface area (Å²) in [7, 11) is 0. The molecule has 2 N–H and O–H groups in total. The van der Waals surface area contributed by atoms with E-state index in [4.69, 9.17) is 0 Å². The van der Waals surface area contributed by atoms with Gasteiger partial charge in [0.2, 0.25) is 0 Å². The van der Waals surface area contributed by atoms with Crippen molar-refractivity contribution in [2.45, 2.75) is 39.7 Å². The Morgan fingerprint density at radius 2 is 1.79 bits per heavy atom. The minimum Gasteiger partial charge on any atom is -0.388 e. The highest BCUT2D eigenvalue weighted by Gasteiger charge is 2.19. The van der Waals surface area contributed by atoms with Crippen molar-refractivity contribution in [3.05, 3.63) is 0 Å². The smallest absolute Gasteiger partial charge is 0.0833 e. The normalized spacial score (nSPS) is 16.7. The lowest BCUT2D eigenvalue weighted by molar-refractivity contribution is 0.0841. The molecule has 14 heavy (non-hydrogen) atoms. The maximum absolute atomic E-state index is 9.86. The van der Waals surface area contributed by atoms with E-state index in [2.05, 4.69) is 26.1 Å². The monoisotopic (exact) mass is 219 g/mol. The van der Waals surface area contributed by atoms with Crippen LogP contribution in [0.4, 0.5) is 0 Å². The van der Waals surface area contributed by atoms with Gasteiger partial charge in [0, 0.05) is 12.3 Å². The van der Waals surface area contributed by atoms with Crippen molar-refractivity contribution in [3.63, 3.8) is 0 Å². The van der Waals surface area contributed by atoms with Gasteiger partial charge < -0.3 is 10.4 Å². The number of rotatable bonds is 6. The summed E-state index contributed by atoms with van der Waals surface area (Å²) in [4.78, 5) is 0. The summed E-state index contributed by atoms with van der Waals surface area (Å²) in [5, 5.41) is 13.2. The Labute approximate surface area is 92.9 Å². The van der Waals surface area contributed by atoms with Crippen LogP contribution < -0.4 is 5.32 Å². The molecule has 0 aromatic rings. The van der Waals surface area contributed by atoms with Crippen molar-refractivity contribution >= 4 is 11.8 Å². The Kier molecular flexibility index (Phi) is 6.10. The molecule has 86 valence electrons. The second-order valence-electron chi connectivity index (χ2n) is 5.42. The number of nitrogens with one attached hydrogen (secondary N) is 1. The van der Waals surface area contributed by atoms with E-state index in [1.165, 1.54) is 0 Å². The topological polar surface area (TPSA) is 32.3 Å². The van der Waals surface area contributed by atoms with Gasteiger partial charge in [-0.25, -0.2) is 0 Å². The van der Waals surface area contributed by atoms with Gasteiger partial charge in [-0.1, -0.05) is 20.8 Å². The molecule has 0 saturated heterocycles. The molecule has 0 saturated carbocycles. The molecule has 0 aromatic heterocycles. The van der Waals surface area contributed by atoms with E-state index < -0.39 is 5.60 Å². The zero-order valence-corrected chi connectivity index (χ0v) is 11.0. The van der Waals surface area contributed by atoms with E-state index in [-0.39, 0.29) is 0 Å². The van der Waals surface area contributed by atoms with E-state index in [9.17, 15) is 5.11 Å².